The molecule has 2 atom stereocenters. The number of likely N-dealkylation sites (tertiary alicyclic amines) is 1. The minimum Gasteiger partial charge on any atom is -0.485 e. The molecule has 1 aromatic carbocycles. The van der Waals surface area contributed by atoms with Gasteiger partial charge in [0.05, 0.1) is 11.1 Å². The van der Waals surface area contributed by atoms with Gasteiger partial charge in [0, 0.05) is 13.1 Å². The van der Waals surface area contributed by atoms with Crippen LogP contribution in [0.5, 0.6) is 5.75 Å². The Hall–Kier alpha value is -2.38. The highest BCUT2D eigenvalue weighted by molar-refractivity contribution is 5.92. The number of nitrogens with one attached hydrogen (secondary N) is 1. The van der Waals surface area contributed by atoms with Gasteiger partial charge in [-0.1, -0.05) is 18.6 Å². The zero-order chi connectivity index (χ0) is 18.0. The highest BCUT2D eigenvalue weighted by Crippen LogP contribution is 2.49. The standard InChI is InChI=1S/C17H20F2N2O4/c18-14(19)9-25-13-6-2-1-5-12(13)20-16(24)21-8-11-4-3-7-17(11,10-21)15(22)23/h1-2,5-6,11,14H,3-4,7-10H2,(H,20,24)(H,22,23)/t11-,17+/m0/s1. The summed E-state index contributed by atoms with van der Waals surface area (Å²) >= 11 is 0. The lowest BCUT2D eigenvalue weighted by atomic mass is 9.81. The summed E-state index contributed by atoms with van der Waals surface area (Å²) in [7, 11) is 0. The van der Waals surface area contributed by atoms with Gasteiger partial charge in [0.2, 0.25) is 0 Å². The van der Waals surface area contributed by atoms with E-state index >= 15 is 0 Å². The van der Waals surface area contributed by atoms with Crippen molar-refractivity contribution in [2.75, 3.05) is 25.0 Å². The molecule has 1 saturated carbocycles. The fourth-order valence-electron chi connectivity index (χ4n) is 3.84. The number of rotatable bonds is 5. The van der Waals surface area contributed by atoms with Crippen LogP contribution in [0.3, 0.4) is 0 Å². The van der Waals surface area contributed by atoms with Gasteiger partial charge in [-0.15, -0.1) is 0 Å². The van der Waals surface area contributed by atoms with E-state index in [2.05, 4.69) is 5.32 Å². The number of nitrogens with zero attached hydrogens (tertiary/aromatic N) is 1. The first-order valence-corrected chi connectivity index (χ1v) is 8.22. The van der Waals surface area contributed by atoms with Gasteiger partial charge in [-0.2, -0.15) is 0 Å². The molecule has 1 saturated heterocycles. The first-order chi connectivity index (χ1) is 11.9. The molecule has 136 valence electrons. The summed E-state index contributed by atoms with van der Waals surface area (Å²) < 4.78 is 29.7. The molecule has 8 heteroatoms. The Labute approximate surface area is 143 Å². The SMILES string of the molecule is O=C(Nc1ccccc1OCC(F)F)N1C[C@@H]2CCC[C@@]2(C(=O)O)C1. The minimum absolute atomic E-state index is 0.0407. The quantitative estimate of drug-likeness (QED) is 0.852. The largest absolute Gasteiger partial charge is 0.485 e. The molecule has 2 N–H and O–H groups in total. The minimum atomic E-state index is -2.61. The van der Waals surface area contributed by atoms with Crippen LogP contribution in [-0.2, 0) is 4.79 Å². The van der Waals surface area contributed by atoms with Crippen molar-refractivity contribution in [3.05, 3.63) is 24.3 Å². The Morgan fingerprint density at radius 3 is 2.84 bits per heavy atom. The van der Waals surface area contributed by atoms with Crippen molar-refractivity contribution < 1.29 is 28.2 Å². The second kappa shape index (κ2) is 6.85. The second-order valence-electron chi connectivity index (χ2n) is 6.56. The molecule has 25 heavy (non-hydrogen) atoms. The maximum Gasteiger partial charge on any atom is 0.321 e. The van der Waals surface area contributed by atoms with E-state index in [1.165, 1.54) is 11.0 Å². The van der Waals surface area contributed by atoms with Crippen molar-refractivity contribution in [1.82, 2.24) is 4.90 Å². The predicted molar refractivity (Wildman–Crippen MR) is 85.9 cm³/mol. The highest BCUT2D eigenvalue weighted by Gasteiger charge is 2.55. The summed E-state index contributed by atoms with van der Waals surface area (Å²) in [6.45, 7) is -0.210. The summed E-state index contributed by atoms with van der Waals surface area (Å²) in [4.78, 5) is 25.7. The topological polar surface area (TPSA) is 78.9 Å². The zero-order valence-electron chi connectivity index (χ0n) is 13.6. The molecule has 2 amide bonds. The van der Waals surface area contributed by atoms with Gasteiger partial charge in [0.1, 0.15) is 12.4 Å². The van der Waals surface area contributed by atoms with Crippen LogP contribution in [0.2, 0.25) is 0 Å². The molecule has 0 bridgehead atoms. The third-order valence-electron chi connectivity index (χ3n) is 5.08. The molecule has 0 spiro atoms. The zero-order valence-corrected chi connectivity index (χ0v) is 13.6. The van der Waals surface area contributed by atoms with Crippen LogP contribution in [0.15, 0.2) is 24.3 Å². The molecule has 3 rings (SSSR count). The number of carbonyl (C=O) groups is 2. The van der Waals surface area contributed by atoms with E-state index in [9.17, 15) is 23.5 Å². The molecule has 2 aliphatic rings. The summed E-state index contributed by atoms with van der Waals surface area (Å²) in [5.41, 5.74) is -0.571. The Morgan fingerprint density at radius 1 is 1.40 bits per heavy atom. The lowest BCUT2D eigenvalue weighted by Crippen LogP contribution is -2.38. The van der Waals surface area contributed by atoms with Crippen LogP contribution in [0.25, 0.3) is 0 Å². The highest BCUT2D eigenvalue weighted by atomic mass is 19.3. The van der Waals surface area contributed by atoms with Crippen molar-refractivity contribution in [3.63, 3.8) is 0 Å². The summed E-state index contributed by atoms with van der Waals surface area (Å²) in [5, 5.41) is 12.2. The van der Waals surface area contributed by atoms with E-state index in [-0.39, 0.29) is 23.9 Å². The van der Waals surface area contributed by atoms with Gasteiger partial charge in [-0.05, 0) is 30.9 Å². The van der Waals surface area contributed by atoms with Gasteiger partial charge in [0.15, 0.2) is 0 Å². The van der Waals surface area contributed by atoms with Crippen LogP contribution in [0.4, 0.5) is 19.3 Å². The van der Waals surface area contributed by atoms with Gasteiger partial charge in [-0.3, -0.25) is 4.79 Å². The molecule has 1 aromatic rings. The number of hydrogen-bond donors (Lipinski definition) is 2. The van der Waals surface area contributed by atoms with E-state index in [1.807, 2.05) is 0 Å². The van der Waals surface area contributed by atoms with Crippen LogP contribution in [-0.4, -0.2) is 48.1 Å². The third-order valence-corrected chi connectivity index (χ3v) is 5.08. The van der Waals surface area contributed by atoms with E-state index in [0.717, 1.165) is 12.8 Å². The maximum absolute atomic E-state index is 12.5. The first-order valence-electron chi connectivity index (χ1n) is 8.22. The number of anilines is 1. The number of amides is 2. The first kappa shape index (κ1) is 17.4. The normalized spacial score (nSPS) is 25.1. The molecule has 2 fully saturated rings. The third kappa shape index (κ3) is 3.38. The van der Waals surface area contributed by atoms with Crippen LogP contribution in [0, 0.1) is 11.3 Å². The molecular formula is C17H20F2N2O4. The number of halogens is 2. The maximum atomic E-state index is 12.5. The Bertz CT molecular complexity index is 670. The molecule has 0 unspecified atom stereocenters. The van der Waals surface area contributed by atoms with Crippen molar-refractivity contribution in [1.29, 1.82) is 0 Å². The van der Waals surface area contributed by atoms with Crippen LogP contribution in [0.1, 0.15) is 19.3 Å². The molecule has 1 aliphatic heterocycles. The lowest BCUT2D eigenvalue weighted by molar-refractivity contribution is -0.149. The average molecular weight is 354 g/mol. The van der Waals surface area contributed by atoms with Gasteiger partial charge < -0.3 is 20.1 Å². The average Bonchev–Trinajstić information content (AvgIpc) is 3.12. The van der Waals surface area contributed by atoms with Crippen molar-refractivity contribution in [2.24, 2.45) is 11.3 Å². The number of alkyl halides is 2. The Morgan fingerprint density at radius 2 is 2.16 bits per heavy atom. The van der Waals surface area contributed by atoms with E-state index in [4.69, 9.17) is 4.74 Å². The van der Waals surface area contributed by atoms with Gasteiger partial charge >= 0.3 is 12.0 Å². The van der Waals surface area contributed by atoms with E-state index < -0.39 is 30.4 Å². The number of carboxylic acids is 1. The van der Waals surface area contributed by atoms with E-state index in [1.54, 1.807) is 18.2 Å². The Kier molecular flexibility index (Phi) is 4.78. The lowest BCUT2D eigenvalue weighted by Gasteiger charge is -2.23. The van der Waals surface area contributed by atoms with E-state index in [0.29, 0.717) is 13.0 Å². The monoisotopic (exact) mass is 354 g/mol. The molecule has 0 radical (unpaired) electrons. The van der Waals surface area contributed by atoms with Crippen molar-refractivity contribution >= 4 is 17.7 Å². The number of carbonyl (C=O) groups excluding carboxylic acids is 1. The predicted octanol–water partition coefficient (Wildman–Crippen LogP) is 3.05. The Balaban J connectivity index is 1.69. The molecule has 0 aromatic heterocycles. The smallest absolute Gasteiger partial charge is 0.321 e. The molecule has 1 heterocycles. The summed E-state index contributed by atoms with van der Waals surface area (Å²) in [6, 6.07) is 5.89. The number of ether oxygens (including phenoxy) is 1. The molecular weight excluding hydrogens is 334 g/mol. The van der Waals surface area contributed by atoms with Crippen LogP contribution >= 0.6 is 0 Å². The fourth-order valence-corrected chi connectivity index (χ4v) is 3.84. The van der Waals surface area contributed by atoms with Crippen molar-refractivity contribution in [3.8, 4) is 5.75 Å². The van der Waals surface area contributed by atoms with Gasteiger partial charge in [0.25, 0.3) is 6.43 Å². The number of carboxylic acid groups (broad SMARTS) is 1. The molecule has 1 aliphatic carbocycles. The number of urea groups is 1. The second-order valence-corrected chi connectivity index (χ2v) is 6.56. The number of hydrogen-bond acceptors (Lipinski definition) is 3. The van der Waals surface area contributed by atoms with Crippen molar-refractivity contribution in [2.45, 2.75) is 25.7 Å². The molecule has 6 nitrogen and oxygen atoms in total. The number of aliphatic carboxylic acids is 1. The summed E-state index contributed by atoms with van der Waals surface area (Å²) in [6.07, 6.45) is -0.386. The number of para-hydroxylation sites is 2. The number of benzene rings is 1. The number of fused-ring (bicyclic) bond motifs is 1. The fraction of sp³-hybridized carbons (Fsp3) is 0.529. The summed E-state index contributed by atoms with van der Waals surface area (Å²) in [5.74, 6) is -0.740. The van der Waals surface area contributed by atoms with Gasteiger partial charge in [-0.25, -0.2) is 13.6 Å². The van der Waals surface area contributed by atoms with Crippen LogP contribution < -0.4 is 10.1 Å².